The molecule has 2 saturated heterocycles. The number of unbranched alkanes of at least 4 members (excludes halogenated alkanes) is 1. The van der Waals surface area contributed by atoms with Crippen LogP contribution in [0.15, 0.2) is 54.6 Å². The third kappa shape index (κ3) is 3.94. The number of anilines is 1. The number of hydrogen-bond acceptors (Lipinski definition) is 3. The van der Waals surface area contributed by atoms with Crippen LogP contribution in [0.2, 0.25) is 0 Å². The lowest BCUT2D eigenvalue weighted by Gasteiger charge is -2.47. The molecule has 2 aliphatic heterocycles. The SMILES string of the molecule is CCCCC(C(N)=O)(c1ccccc1)N1CCC2(CCN(c3ccc(C4CC4)cc3)C2=O)CC1. The van der Waals surface area contributed by atoms with Crippen LogP contribution in [0.4, 0.5) is 5.69 Å². The molecule has 3 aliphatic rings. The van der Waals surface area contributed by atoms with Crippen molar-refractivity contribution >= 4 is 17.5 Å². The van der Waals surface area contributed by atoms with Gasteiger partial charge in [0.2, 0.25) is 11.8 Å². The van der Waals surface area contributed by atoms with Gasteiger partial charge in [0.1, 0.15) is 5.54 Å². The summed E-state index contributed by atoms with van der Waals surface area (Å²) in [6.07, 6.45) is 7.66. The number of hydrogen-bond donors (Lipinski definition) is 1. The lowest BCUT2D eigenvalue weighted by molar-refractivity contribution is -0.136. The van der Waals surface area contributed by atoms with Gasteiger partial charge in [0.05, 0.1) is 5.41 Å². The summed E-state index contributed by atoms with van der Waals surface area (Å²) in [4.78, 5) is 30.9. The number of carbonyl (C=O) groups is 2. The molecule has 2 aromatic carbocycles. The van der Waals surface area contributed by atoms with Crippen molar-refractivity contribution in [3.8, 4) is 0 Å². The number of amides is 2. The minimum absolute atomic E-state index is 0.254. The van der Waals surface area contributed by atoms with Crippen LogP contribution in [0.3, 0.4) is 0 Å². The zero-order valence-corrected chi connectivity index (χ0v) is 20.3. The topological polar surface area (TPSA) is 66.6 Å². The zero-order chi connectivity index (χ0) is 23.8. The van der Waals surface area contributed by atoms with Crippen LogP contribution in [-0.4, -0.2) is 36.3 Å². The van der Waals surface area contributed by atoms with Crippen molar-refractivity contribution < 1.29 is 9.59 Å². The molecule has 0 aromatic heterocycles. The Morgan fingerprint density at radius 3 is 2.24 bits per heavy atom. The van der Waals surface area contributed by atoms with Crippen LogP contribution in [0.25, 0.3) is 0 Å². The second-order valence-corrected chi connectivity index (χ2v) is 10.5. The molecule has 2 aromatic rings. The number of rotatable bonds is 8. The monoisotopic (exact) mass is 459 g/mol. The molecule has 2 N–H and O–H groups in total. The maximum Gasteiger partial charge on any atom is 0.242 e. The van der Waals surface area contributed by atoms with Gasteiger partial charge in [-0.3, -0.25) is 14.5 Å². The Bertz CT molecular complexity index is 1020. The van der Waals surface area contributed by atoms with Crippen molar-refractivity contribution in [3.63, 3.8) is 0 Å². The van der Waals surface area contributed by atoms with E-state index in [0.29, 0.717) is 19.5 Å². The van der Waals surface area contributed by atoms with E-state index in [-0.39, 0.29) is 17.2 Å². The molecule has 0 bridgehead atoms. The van der Waals surface area contributed by atoms with Gasteiger partial charge >= 0.3 is 0 Å². The van der Waals surface area contributed by atoms with Crippen molar-refractivity contribution in [1.29, 1.82) is 0 Å². The molecule has 1 aliphatic carbocycles. The molecule has 1 spiro atoms. The van der Waals surface area contributed by atoms with Crippen LogP contribution in [-0.2, 0) is 15.1 Å². The van der Waals surface area contributed by atoms with Gasteiger partial charge in [-0.15, -0.1) is 0 Å². The quantitative estimate of drug-likeness (QED) is 0.607. The normalized spacial score (nSPS) is 22.1. The minimum Gasteiger partial charge on any atom is -0.368 e. The third-order valence-corrected chi connectivity index (χ3v) is 8.58. The Labute approximate surface area is 203 Å². The largest absolute Gasteiger partial charge is 0.368 e. The molecule has 0 radical (unpaired) electrons. The Morgan fingerprint density at radius 2 is 1.65 bits per heavy atom. The number of carbonyl (C=O) groups excluding carboxylic acids is 2. The van der Waals surface area contributed by atoms with Gasteiger partial charge in [0.15, 0.2) is 0 Å². The first-order valence-corrected chi connectivity index (χ1v) is 13.0. The Hall–Kier alpha value is -2.66. The highest BCUT2D eigenvalue weighted by atomic mass is 16.2. The smallest absolute Gasteiger partial charge is 0.242 e. The molecular weight excluding hydrogens is 422 g/mol. The first-order valence-electron chi connectivity index (χ1n) is 13.0. The Kier molecular flexibility index (Phi) is 6.24. The van der Waals surface area contributed by atoms with E-state index >= 15 is 0 Å². The van der Waals surface area contributed by atoms with Gasteiger partial charge in [0.25, 0.3) is 0 Å². The summed E-state index contributed by atoms with van der Waals surface area (Å²) in [6, 6.07) is 18.6. The van der Waals surface area contributed by atoms with Crippen molar-refractivity contribution in [3.05, 3.63) is 65.7 Å². The fraction of sp³-hybridized carbons (Fsp3) is 0.517. The summed E-state index contributed by atoms with van der Waals surface area (Å²) in [5.74, 6) is 0.698. The van der Waals surface area contributed by atoms with E-state index < -0.39 is 5.54 Å². The molecule has 34 heavy (non-hydrogen) atoms. The van der Waals surface area contributed by atoms with Gasteiger partial charge in [-0.1, -0.05) is 62.2 Å². The zero-order valence-electron chi connectivity index (χ0n) is 20.3. The predicted molar refractivity (Wildman–Crippen MR) is 135 cm³/mol. The van der Waals surface area contributed by atoms with Crippen LogP contribution in [0.1, 0.15) is 75.3 Å². The maximum atomic E-state index is 13.7. The first-order chi connectivity index (χ1) is 16.5. The molecule has 2 heterocycles. The Morgan fingerprint density at radius 1 is 1.00 bits per heavy atom. The fourth-order valence-corrected chi connectivity index (χ4v) is 6.24. The average molecular weight is 460 g/mol. The van der Waals surface area contributed by atoms with Gasteiger partial charge in [-0.25, -0.2) is 0 Å². The molecule has 2 amide bonds. The van der Waals surface area contributed by atoms with E-state index in [0.717, 1.165) is 55.8 Å². The molecular formula is C29H37N3O2. The van der Waals surface area contributed by atoms with Crippen molar-refractivity contribution in [2.75, 3.05) is 24.5 Å². The summed E-state index contributed by atoms with van der Waals surface area (Å²) in [6.45, 7) is 4.34. The average Bonchev–Trinajstić information content (AvgIpc) is 3.67. The number of primary amides is 1. The standard InChI is InChI=1S/C29H37N3O2/c1-2-3-15-29(26(30)33,24-7-5-4-6-8-24)31-19-16-28(17-20-31)18-21-32(27(28)34)25-13-11-23(12-14-25)22-9-10-22/h4-8,11-14,22H,2-3,9-10,15-21H2,1H3,(H2,30,33). The molecule has 5 heteroatoms. The van der Waals surface area contributed by atoms with E-state index in [1.807, 2.05) is 35.2 Å². The first kappa shape index (κ1) is 23.1. The molecule has 180 valence electrons. The second-order valence-electron chi connectivity index (χ2n) is 10.5. The van der Waals surface area contributed by atoms with Crippen LogP contribution in [0, 0.1) is 5.41 Å². The third-order valence-electron chi connectivity index (χ3n) is 8.58. The van der Waals surface area contributed by atoms with E-state index in [1.54, 1.807) is 0 Å². The lowest BCUT2D eigenvalue weighted by Crippen LogP contribution is -2.59. The van der Waals surface area contributed by atoms with E-state index in [4.69, 9.17) is 5.73 Å². The van der Waals surface area contributed by atoms with Gasteiger partial charge < -0.3 is 10.6 Å². The van der Waals surface area contributed by atoms with Gasteiger partial charge in [-0.05, 0) is 67.7 Å². The maximum absolute atomic E-state index is 13.7. The molecule has 5 nitrogen and oxygen atoms in total. The highest BCUT2D eigenvalue weighted by Crippen LogP contribution is 2.47. The summed E-state index contributed by atoms with van der Waals surface area (Å²) in [5, 5.41) is 0. The Balaban J connectivity index is 1.34. The van der Waals surface area contributed by atoms with E-state index in [2.05, 4.69) is 36.1 Å². The number of nitrogens with two attached hydrogens (primary N) is 1. The fourth-order valence-electron chi connectivity index (χ4n) is 6.24. The molecule has 1 unspecified atom stereocenters. The summed E-state index contributed by atoms with van der Waals surface area (Å²) >= 11 is 0. The van der Waals surface area contributed by atoms with Crippen molar-refractivity contribution in [2.24, 2.45) is 11.1 Å². The van der Waals surface area contributed by atoms with Crippen LogP contribution < -0.4 is 10.6 Å². The second kappa shape index (κ2) is 9.18. The highest BCUT2D eigenvalue weighted by molar-refractivity contribution is 6.00. The minimum atomic E-state index is -0.807. The van der Waals surface area contributed by atoms with Gasteiger partial charge in [-0.2, -0.15) is 0 Å². The van der Waals surface area contributed by atoms with Crippen molar-refractivity contribution in [2.45, 2.75) is 69.7 Å². The van der Waals surface area contributed by atoms with E-state index in [9.17, 15) is 9.59 Å². The number of benzene rings is 2. The predicted octanol–water partition coefficient (Wildman–Crippen LogP) is 4.95. The van der Waals surface area contributed by atoms with Crippen LogP contribution in [0.5, 0.6) is 0 Å². The summed E-state index contributed by atoms with van der Waals surface area (Å²) in [7, 11) is 0. The van der Waals surface area contributed by atoms with Gasteiger partial charge in [0, 0.05) is 25.3 Å². The molecule has 5 rings (SSSR count). The number of nitrogens with zero attached hydrogens (tertiary/aromatic N) is 2. The van der Waals surface area contributed by atoms with Crippen molar-refractivity contribution in [1.82, 2.24) is 4.90 Å². The van der Waals surface area contributed by atoms with Crippen LogP contribution >= 0.6 is 0 Å². The highest BCUT2D eigenvalue weighted by Gasteiger charge is 2.52. The summed E-state index contributed by atoms with van der Waals surface area (Å²) < 4.78 is 0. The lowest BCUT2D eigenvalue weighted by atomic mass is 9.74. The molecule has 1 saturated carbocycles. The number of likely N-dealkylation sites (tertiary alicyclic amines) is 1. The molecule has 1 atom stereocenters. The summed E-state index contributed by atoms with van der Waals surface area (Å²) in [5.41, 5.74) is 8.39. The number of piperidine rings is 1. The molecule has 3 fully saturated rings. The van der Waals surface area contributed by atoms with E-state index in [1.165, 1.54) is 18.4 Å².